The summed E-state index contributed by atoms with van der Waals surface area (Å²) in [7, 11) is 0. The quantitative estimate of drug-likeness (QED) is 0.572. The molecule has 3 heteroatoms. The summed E-state index contributed by atoms with van der Waals surface area (Å²) in [6.07, 6.45) is 2.04. The Hall–Kier alpha value is -0.120. The van der Waals surface area contributed by atoms with Gasteiger partial charge in [-0.3, -0.25) is 0 Å². The second-order valence-corrected chi connectivity index (χ2v) is 5.47. The molecule has 0 amide bonds. The molecule has 0 aliphatic rings. The highest BCUT2D eigenvalue weighted by atomic mass is 14.9. The summed E-state index contributed by atoms with van der Waals surface area (Å²) in [6, 6.07) is 0.247. The Morgan fingerprint density at radius 3 is 2.33 bits per heavy atom. The van der Waals surface area contributed by atoms with Crippen molar-refractivity contribution < 1.29 is 0 Å². The van der Waals surface area contributed by atoms with E-state index in [9.17, 15) is 0 Å². The molecule has 0 aromatic carbocycles. The third-order valence-electron chi connectivity index (χ3n) is 3.33. The van der Waals surface area contributed by atoms with E-state index in [1.165, 1.54) is 0 Å². The maximum Gasteiger partial charge on any atom is 0.0165 e. The monoisotopic (exact) mass is 215 g/mol. The van der Waals surface area contributed by atoms with Crippen molar-refractivity contribution in [3.63, 3.8) is 0 Å². The smallest absolute Gasteiger partial charge is 0.0165 e. The van der Waals surface area contributed by atoms with E-state index in [2.05, 4.69) is 33.0 Å². The molecule has 0 radical (unpaired) electrons. The first kappa shape index (κ1) is 14.9. The Labute approximate surface area is 95.0 Å². The highest BCUT2D eigenvalue weighted by Crippen LogP contribution is 2.24. The molecular formula is C12H29N3. The summed E-state index contributed by atoms with van der Waals surface area (Å²) in [4.78, 5) is 0. The van der Waals surface area contributed by atoms with Gasteiger partial charge in [-0.1, -0.05) is 27.7 Å². The average molecular weight is 215 g/mol. The van der Waals surface area contributed by atoms with E-state index >= 15 is 0 Å². The lowest BCUT2D eigenvalue weighted by molar-refractivity contribution is 0.236. The number of rotatable bonds is 8. The number of nitrogens with one attached hydrogen (secondary N) is 1. The van der Waals surface area contributed by atoms with Gasteiger partial charge in [0.15, 0.2) is 0 Å². The van der Waals surface area contributed by atoms with Crippen molar-refractivity contribution in [2.45, 2.75) is 46.6 Å². The van der Waals surface area contributed by atoms with E-state index in [4.69, 9.17) is 11.5 Å². The summed E-state index contributed by atoms with van der Waals surface area (Å²) in [5.74, 6) is 0.685. The van der Waals surface area contributed by atoms with Crippen LogP contribution in [0.15, 0.2) is 0 Å². The number of hydrogen-bond donors (Lipinski definition) is 3. The van der Waals surface area contributed by atoms with Crippen LogP contribution < -0.4 is 16.8 Å². The van der Waals surface area contributed by atoms with Gasteiger partial charge < -0.3 is 16.8 Å². The summed E-state index contributed by atoms with van der Waals surface area (Å²) >= 11 is 0. The van der Waals surface area contributed by atoms with Crippen molar-refractivity contribution in [2.75, 3.05) is 19.6 Å². The zero-order valence-corrected chi connectivity index (χ0v) is 10.8. The van der Waals surface area contributed by atoms with Crippen LogP contribution in [0.1, 0.15) is 40.5 Å². The van der Waals surface area contributed by atoms with Crippen LogP contribution in [0.2, 0.25) is 0 Å². The minimum absolute atomic E-state index is 0.247. The Balaban J connectivity index is 3.60. The van der Waals surface area contributed by atoms with Gasteiger partial charge in [0.05, 0.1) is 0 Å². The van der Waals surface area contributed by atoms with Crippen LogP contribution in [-0.4, -0.2) is 25.7 Å². The minimum atomic E-state index is 0.247. The van der Waals surface area contributed by atoms with Gasteiger partial charge in [-0.2, -0.15) is 0 Å². The van der Waals surface area contributed by atoms with E-state index in [0.29, 0.717) is 11.3 Å². The molecule has 92 valence electrons. The molecule has 0 aromatic rings. The standard InChI is InChI=1S/C12H29N3/c1-10(2)12(3,4)9-15-8-11(14)6-5-7-13/h10-11,15H,5-9,13-14H2,1-4H3/t11-/m0/s1. The maximum absolute atomic E-state index is 5.95. The molecule has 15 heavy (non-hydrogen) atoms. The van der Waals surface area contributed by atoms with Crippen LogP contribution >= 0.6 is 0 Å². The average Bonchev–Trinajstić information content (AvgIpc) is 2.14. The van der Waals surface area contributed by atoms with E-state index in [-0.39, 0.29) is 6.04 Å². The lowest BCUT2D eigenvalue weighted by Gasteiger charge is -2.30. The summed E-state index contributed by atoms with van der Waals surface area (Å²) < 4.78 is 0. The van der Waals surface area contributed by atoms with Crippen molar-refractivity contribution in [2.24, 2.45) is 22.8 Å². The fourth-order valence-corrected chi connectivity index (χ4v) is 1.27. The second kappa shape index (κ2) is 7.20. The molecule has 0 aliphatic heterocycles. The van der Waals surface area contributed by atoms with Crippen molar-refractivity contribution >= 4 is 0 Å². The first-order valence-electron chi connectivity index (χ1n) is 6.06. The van der Waals surface area contributed by atoms with Crippen LogP contribution in [0.5, 0.6) is 0 Å². The van der Waals surface area contributed by atoms with Crippen molar-refractivity contribution in [1.82, 2.24) is 5.32 Å². The van der Waals surface area contributed by atoms with E-state index in [1.807, 2.05) is 0 Å². The van der Waals surface area contributed by atoms with Gasteiger partial charge in [0, 0.05) is 19.1 Å². The fraction of sp³-hybridized carbons (Fsp3) is 1.00. The zero-order chi connectivity index (χ0) is 11.9. The van der Waals surface area contributed by atoms with E-state index in [0.717, 1.165) is 32.5 Å². The second-order valence-electron chi connectivity index (χ2n) is 5.47. The Morgan fingerprint density at radius 2 is 1.87 bits per heavy atom. The van der Waals surface area contributed by atoms with Gasteiger partial charge in [-0.05, 0) is 30.7 Å². The SMILES string of the molecule is CC(C)C(C)(C)CNC[C@@H](N)CCCN. The van der Waals surface area contributed by atoms with Crippen LogP contribution in [0.25, 0.3) is 0 Å². The first-order valence-corrected chi connectivity index (χ1v) is 6.06. The summed E-state index contributed by atoms with van der Waals surface area (Å²) in [6.45, 7) is 11.8. The third-order valence-corrected chi connectivity index (χ3v) is 3.33. The van der Waals surface area contributed by atoms with Crippen molar-refractivity contribution in [3.05, 3.63) is 0 Å². The van der Waals surface area contributed by atoms with E-state index in [1.54, 1.807) is 0 Å². The van der Waals surface area contributed by atoms with Crippen LogP contribution in [0.4, 0.5) is 0 Å². The topological polar surface area (TPSA) is 64.1 Å². The number of hydrogen-bond acceptors (Lipinski definition) is 3. The van der Waals surface area contributed by atoms with Gasteiger partial charge >= 0.3 is 0 Å². The first-order chi connectivity index (χ1) is 6.90. The van der Waals surface area contributed by atoms with Gasteiger partial charge in [0.1, 0.15) is 0 Å². The summed E-state index contributed by atoms with van der Waals surface area (Å²) in [5, 5.41) is 3.45. The highest BCUT2D eigenvalue weighted by molar-refractivity contribution is 4.76. The van der Waals surface area contributed by atoms with Gasteiger partial charge in [0.2, 0.25) is 0 Å². The molecule has 0 rings (SSSR count). The van der Waals surface area contributed by atoms with E-state index < -0.39 is 0 Å². The predicted molar refractivity (Wildman–Crippen MR) is 67.8 cm³/mol. The molecule has 0 aliphatic carbocycles. The predicted octanol–water partition coefficient (Wildman–Crippen LogP) is 1.32. The molecule has 3 nitrogen and oxygen atoms in total. The molecule has 0 bridgehead atoms. The molecule has 0 unspecified atom stereocenters. The lowest BCUT2D eigenvalue weighted by atomic mass is 9.81. The lowest BCUT2D eigenvalue weighted by Crippen LogP contribution is -2.40. The van der Waals surface area contributed by atoms with Crippen LogP contribution in [-0.2, 0) is 0 Å². The molecule has 0 spiro atoms. The van der Waals surface area contributed by atoms with Crippen molar-refractivity contribution in [3.8, 4) is 0 Å². The normalized spacial score (nSPS) is 14.6. The van der Waals surface area contributed by atoms with Gasteiger partial charge in [-0.25, -0.2) is 0 Å². The fourth-order valence-electron chi connectivity index (χ4n) is 1.27. The van der Waals surface area contributed by atoms with Gasteiger partial charge in [0.25, 0.3) is 0 Å². The zero-order valence-electron chi connectivity index (χ0n) is 10.8. The molecule has 0 aromatic heterocycles. The molecule has 1 atom stereocenters. The molecule has 0 saturated heterocycles. The molecule has 0 fully saturated rings. The highest BCUT2D eigenvalue weighted by Gasteiger charge is 2.21. The molecule has 5 N–H and O–H groups in total. The number of nitrogens with two attached hydrogens (primary N) is 2. The third kappa shape index (κ3) is 6.88. The Bertz CT molecular complexity index is 155. The molecular weight excluding hydrogens is 186 g/mol. The minimum Gasteiger partial charge on any atom is -0.330 e. The molecule has 0 saturated carbocycles. The Morgan fingerprint density at radius 1 is 1.27 bits per heavy atom. The molecule has 0 heterocycles. The van der Waals surface area contributed by atoms with Crippen LogP contribution in [0.3, 0.4) is 0 Å². The largest absolute Gasteiger partial charge is 0.330 e. The van der Waals surface area contributed by atoms with Crippen molar-refractivity contribution in [1.29, 1.82) is 0 Å². The Kier molecular flexibility index (Phi) is 7.14. The summed E-state index contributed by atoms with van der Waals surface area (Å²) in [5.41, 5.74) is 11.7. The maximum atomic E-state index is 5.95. The van der Waals surface area contributed by atoms with Gasteiger partial charge in [-0.15, -0.1) is 0 Å². The van der Waals surface area contributed by atoms with Crippen LogP contribution in [0, 0.1) is 11.3 Å².